The molecule has 3 aromatic carbocycles. The zero-order valence-corrected chi connectivity index (χ0v) is 38.5. The summed E-state index contributed by atoms with van der Waals surface area (Å²) in [6, 6.07) is 20.5. The molecule has 1 aliphatic carbocycles. The smallest absolute Gasteiger partial charge is 0.293 e. The van der Waals surface area contributed by atoms with Crippen LogP contribution < -0.4 is 14.9 Å². The average molecular weight is 936 g/mol. The maximum atomic E-state index is 14.2. The van der Waals surface area contributed by atoms with Crippen LogP contribution in [0, 0.1) is 15.5 Å². The van der Waals surface area contributed by atoms with Crippen molar-refractivity contribution in [1.82, 2.24) is 34.3 Å². The standard InChI is InChI=1S/C47H51ClN10O7S/c1-30(59)56-20-21-65-36(29-56)26-50-40-11-9-37(24-44(40)58(61)62)66(63,64)53-46(60)38-10-8-35(23-42(38)57-43-22-32-13-15-49-45(32)52-41(43)27-51-57)55-18-16-54(17-19-55)28-33-12-14-47(2,3)25-39(33)31-4-6-34(48)7-5-31/h4-11,13,15,22-24,27,36,50H,12,14,16-21,25-26,28-29H2,1-3H3,(H,49,52)(H,53,60)/t36-/m1/s1. The van der Waals surface area contributed by atoms with Gasteiger partial charge in [-0.1, -0.05) is 43.2 Å². The molecule has 2 fully saturated rings. The Bertz CT molecular complexity index is 3000. The van der Waals surface area contributed by atoms with Gasteiger partial charge in [0.15, 0.2) is 0 Å². The number of carbonyl (C=O) groups is 2. The van der Waals surface area contributed by atoms with Crippen molar-refractivity contribution in [2.45, 2.75) is 51.0 Å². The van der Waals surface area contributed by atoms with Gasteiger partial charge in [-0.3, -0.25) is 24.6 Å². The molecule has 1 atom stereocenters. The van der Waals surface area contributed by atoms with Crippen molar-refractivity contribution >= 4 is 78.1 Å². The second-order valence-electron chi connectivity index (χ2n) is 18.0. The number of nitro benzene ring substituents is 1. The molecular formula is C47H51ClN10O7S. The van der Waals surface area contributed by atoms with Crippen LogP contribution in [0.2, 0.25) is 5.02 Å². The number of rotatable bonds is 12. The van der Waals surface area contributed by atoms with Crippen LogP contribution in [0.3, 0.4) is 0 Å². The maximum Gasteiger partial charge on any atom is 0.293 e. The molecular weight excluding hydrogens is 884 g/mol. The molecule has 9 rings (SSSR count). The Morgan fingerprint density at radius 2 is 1.80 bits per heavy atom. The summed E-state index contributed by atoms with van der Waals surface area (Å²) in [4.78, 5) is 51.3. The van der Waals surface area contributed by atoms with Crippen molar-refractivity contribution < 1.29 is 27.7 Å². The van der Waals surface area contributed by atoms with Crippen LogP contribution in [0.1, 0.15) is 56.0 Å². The summed E-state index contributed by atoms with van der Waals surface area (Å²) in [5.74, 6) is -1.05. The third-order valence-corrected chi connectivity index (χ3v) is 14.4. The number of ether oxygens (including phenoxy) is 1. The number of hydrogen-bond acceptors (Lipinski definition) is 12. The van der Waals surface area contributed by atoms with E-state index in [1.807, 2.05) is 30.3 Å². The number of carbonyl (C=O) groups excluding carboxylic acids is 2. The summed E-state index contributed by atoms with van der Waals surface area (Å²) >= 11 is 6.26. The SMILES string of the molecule is CC(=O)N1CCO[C@H](CNc2ccc(S(=O)(=O)NC(=O)c3ccc(N4CCN(CC5=C(c6ccc(Cl)cc6)CC(C)(C)CC5)CC4)cc3-n3ncc4nc5[nH]ccc5cc43)cc2[N+](=O)[O-])C1. The normalized spacial score (nSPS) is 18.2. The number of piperazine rings is 1. The van der Waals surface area contributed by atoms with E-state index in [0.29, 0.717) is 55.2 Å². The molecule has 17 nitrogen and oxygen atoms in total. The summed E-state index contributed by atoms with van der Waals surface area (Å²) in [5.41, 5.74) is 6.86. The number of fused-ring (bicyclic) bond motifs is 2. The van der Waals surface area contributed by atoms with Gasteiger partial charge in [-0.2, -0.15) is 5.10 Å². The second-order valence-corrected chi connectivity index (χ2v) is 20.1. The van der Waals surface area contributed by atoms with Gasteiger partial charge in [0.1, 0.15) is 16.9 Å². The fourth-order valence-corrected chi connectivity index (χ4v) is 10.3. The summed E-state index contributed by atoms with van der Waals surface area (Å²) in [6.07, 6.45) is 6.11. The second kappa shape index (κ2) is 18.1. The zero-order valence-electron chi connectivity index (χ0n) is 36.9. The number of amides is 2. The van der Waals surface area contributed by atoms with E-state index < -0.39 is 37.5 Å². The van der Waals surface area contributed by atoms with Gasteiger partial charge in [0.25, 0.3) is 21.6 Å². The van der Waals surface area contributed by atoms with E-state index in [2.05, 4.69) is 55.9 Å². The lowest BCUT2D eigenvalue weighted by molar-refractivity contribution is -0.384. The van der Waals surface area contributed by atoms with Crippen molar-refractivity contribution in [3.05, 3.63) is 117 Å². The third-order valence-electron chi connectivity index (χ3n) is 12.9. The van der Waals surface area contributed by atoms with Gasteiger partial charge < -0.3 is 24.8 Å². The molecule has 5 heterocycles. The summed E-state index contributed by atoms with van der Waals surface area (Å²) in [7, 11) is -4.63. The summed E-state index contributed by atoms with van der Waals surface area (Å²) in [6.45, 7) is 11.3. The van der Waals surface area contributed by atoms with Crippen LogP contribution in [0.4, 0.5) is 17.1 Å². The van der Waals surface area contributed by atoms with Crippen LogP contribution in [-0.2, 0) is 19.6 Å². The number of hydrogen-bond donors (Lipinski definition) is 3. The first kappa shape index (κ1) is 44.8. The van der Waals surface area contributed by atoms with Crippen molar-refractivity contribution in [2.24, 2.45) is 5.41 Å². The fourth-order valence-electron chi connectivity index (χ4n) is 9.17. The summed E-state index contributed by atoms with van der Waals surface area (Å²) < 4.78 is 37.2. The topological polar surface area (TPSA) is 201 Å². The van der Waals surface area contributed by atoms with E-state index in [4.69, 9.17) is 21.3 Å². The number of aromatic amines is 1. The number of nitrogens with zero attached hydrogens (tertiary/aromatic N) is 7. The van der Waals surface area contributed by atoms with Gasteiger partial charge in [0.05, 0.1) is 45.5 Å². The molecule has 344 valence electrons. The highest BCUT2D eigenvalue weighted by atomic mass is 35.5. The van der Waals surface area contributed by atoms with Crippen molar-refractivity contribution in [3.63, 3.8) is 0 Å². The van der Waals surface area contributed by atoms with E-state index in [-0.39, 0.29) is 29.1 Å². The van der Waals surface area contributed by atoms with Crippen LogP contribution in [-0.4, -0.2) is 120 Å². The zero-order chi connectivity index (χ0) is 46.3. The molecule has 3 N–H and O–H groups in total. The van der Waals surface area contributed by atoms with E-state index in [9.17, 15) is 28.1 Å². The number of morpholine rings is 1. The molecule has 0 spiro atoms. The number of aromatic nitrogens is 4. The summed E-state index contributed by atoms with van der Waals surface area (Å²) in [5, 5.41) is 21.4. The number of allylic oxidation sites excluding steroid dienone is 1. The van der Waals surface area contributed by atoms with E-state index in [1.165, 1.54) is 35.8 Å². The van der Waals surface area contributed by atoms with Gasteiger partial charge in [-0.05, 0) is 90.4 Å². The number of nitro groups is 1. The van der Waals surface area contributed by atoms with Gasteiger partial charge in [-0.25, -0.2) is 22.8 Å². The number of anilines is 2. The van der Waals surface area contributed by atoms with Crippen LogP contribution in [0.5, 0.6) is 0 Å². The van der Waals surface area contributed by atoms with Crippen molar-refractivity contribution in [2.75, 3.05) is 69.2 Å². The average Bonchev–Trinajstić information content (AvgIpc) is 3.94. The lowest BCUT2D eigenvalue weighted by Crippen LogP contribution is -2.47. The molecule has 2 aliphatic heterocycles. The van der Waals surface area contributed by atoms with Crippen molar-refractivity contribution in [1.29, 1.82) is 0 Å². The minimum atomic E-state index is -4.63. The number of sulfonamides is 1. The number of pyridine rings is 1. The molecule has 0 unspecified atom stereocenters. The maximum absolute atomic E-state index is 14.2. The van der Waals surface area contributed by atoms with Crippen LogP contribution in [0.15, 0.2) is 95.7 Å². The van der Waals surface area contributed by atoms with E-state index in [1.54, 1.807) is 34.1 Å². The van der Waals surface area contributed by atoms with Gasteiger partial charge in [-0.15, -0.1) is 0 Å². The molecule has 19 heteroatoms. The van der Waals surface area contributed by atoms with Gasteiger partial charge >= 0.3 is 0 Å². The molecule has 3 aromatic heterocycles. The largest absolute Gasteiger partial charge is 0.377 e. The minimum Gasteiger partial charge on any atom is -0.377 e. The first-order valence-corrected chi connectivity index (χ1v) is 23.8. The molecule has 2 amide bonds. The Morgan fingerprint density at radius 1 is 1.02 bits per heavy atom. The Balaban J connectivity index is 0.964. The molecule has 0 radical (unpaired) electrons. The quantitative estimate of drug-likeness (QED) is 0.0838. The third kappa shape index (κ3) is 9.49. The monoisotopic (exact) mass is 934 g/mol. The van der Waals surface area contributed by atoms with Gasteiger partial charge in [0, 0.05) is 87.6 Å². The first-order valence-electron chi connectivity index (χ1n) is 22.0. The number of H-pyrrole nitrogens is 1. The Hall–Kier alpha value is -6.34. The highest BCUT2D eigenvalue weighted by Gasteiger charge is 2.31. The molecule has 66 heavy (non-hydrogen) atoms. The lowest BCUT2D eigenvalue weighted by Gasteiger charge is -2.39. The first-order chi connectivity index (χ1) is 31.6. The fraction of sp³-hybridized carbons (Fsp3) is 0.362. The van der Waals surface area contributed by atoms with Gasteiger partial charge in [0.2, 0.25) is 5.91 Å². The molecule has 3 aliphatic rings. The lowest BCUT2D eigenvalue weighted by atomic mass is 9.72. The van der Waals surface area contributed by atoms with Crippen LogP contribution in [0.25, 0.3) is 33.3 Å². The highest BCUT2D eigenvalue weighted by molar-refractivity contribution is 7.90. The minimum absolute atomic E-state index is 0.0156. The number of benzene rings is 3. The van der Waals surface area contributed by atoms with E-state index in [0.717, 1.165) is 61.1 Å². The Morgan fingerprint density at radius 3 is 2.56 bits per heavy atom. The molecule has 0 saturated carbocycles. The number of nitrogens with one attached hydrogen (secondary N) is 3. The van der Waals surface area contributed by atoms with Crippen LogP contribution >= 0.6 is 11.6 Å². The number of halogens is 1. The predicted octanol–water partition coefficient (Wildman–Crippen LogP) is 7.03. The predicted molar refractivity (Wildman–Crippen MR) is 254 cm³/mol. The molecule has 2 saturated heterocycles. The molecule has 6 aromatic rings. The Kier molecular flexibility index (Phi) is 12.3. The molecule has 0 bridgehead atoms. The highest BCUT2D eigenvalue weighted by Crippen LogP contribution is 2.43. The van der Waals surface area contributed by atoms with E-state index >= 15 is 0 Å². The van der Waals surface area contributed by atoms with Crippen molar-refractivity contribution in [3.8, 4) is 5.69 Å². The Labute approximate surface area is 386 Å².